The Morgan fingerprint density at radius 1 is 1.59 bits per heavy atom. The van der Waals surface area contributed by atoms with Crippen LogP contribution in [0.4, 0.5) is 8.78 Å². The standard InChI is InChI=1S/C9H17F2N3O3/c1-2-14(5-8(12)13-16)9(15)3-4-17-6-7(10)11/h7,16H,2-6H2,1H3,(H2,12,13). The number of carbonyl (C=O) groups is 1. The van der Waals surface area contributed by atoms with Crippen LogP contribution in [0.1, 0.15) is 13.3 Å². The Morgan fingerprint density at radius 2 is 2.24 bits per heavy atom. The maximum atomic E-state index is 11.7. The summed E-state index contributed by atoms with van der Waals surface area (Å²) >= 11 is 0. The number of hydrogen-bond acceptors (Lipinski definition) is 4. The summed E-state index contributed by atoms with van der Waals surface area (Å²) in [4.78, 5) is 12.9. The first kappa shape index (κ1) is 15.6. The highest BCUT2D eigenvalue weighted by Crippen LogP contribution is 1.97. The fraction of sp³-hybridized carbons (Fsp3) is 0.778. The number of oxime groups is 1. The summed E-state index contributed by atoms with van der Waals surface area (Å²) in [7, 11) is 0. The van der Waals surface area contributed by atoms with Crippen LogP contribution in [0.5, 0.6) is 0 Å². The van der Waals surface area contributed by atoms with Gasteiger partial charge in [0.2, 0.25) is 5.91 Å². The normalized spacial score (nSPS) is 11.9. The monoisotopic (exact) mass is 253 g/mol. The molecule has 1 amide bonds. The van der Waals surface area contributed by atoms with Crippen molar-refractivity contribution in [3.8, 4) is 0 Å². The van der Waals surface area contributed by atoms with Gasteiger partial charge in [0, 0.05) is 6.54 Å². The molecule has 17 heavy (non-hydrogen) atoms. The van der Waals surface area contributed by atoms with Crippen LogP contribution in [0.15, 0.2) is 5.16 Å². The minimum Gasteiger partial charge on any atom is -0.409 e. The molecule has 0 spiro atoms. The third-order valence-corrected chi connectivity index (χ3v) is 1.92. The Morgan fingerprint density at radius 3 is 2.71 bits per heavy atom. The number of halogens is 2. The molecule has 0 aliphatic carbocycles. The number of hydrogen-bond donors (Lipinski definition) is 2. The zero-order chi connectivity index (χ0) is 13.3. The van der Waals surface area contributed by atoms with Crippen molar-refractivity contribution in [2.75, 3.05) is 26.3 Å². The molecule has 0 saturated carbocycles. The zero-order valence-corrected chi connectivity index (χ0v) is 9.60. The second-order valence-electron chi connectivity index (χ2n) is 3.22. The first-order valence-corrected chi connectivity index (χ1v) is 5.11. The molecule has 0 atom stereocenters. The van der Waals surface area contributed by atoms with Crippen molar-refractivity contribution in [2.45, 2.75) is 19.8 Å². The lowest BCUT2D eigenvalue weighted by molar-refractivity contribution is -0.131. The summed E-state index contributed by atoms with van der Waals surface area (Å²) in [6.45, 7) is 1.35. The van der Waals surface area contributed by atoms with Gasteiger partial charge in [-0.3, -0.25) is 4.79 Å². The van der Waals surface area contributed by atoms with E-state index in [9.17, 15) is 13.6 Å². The van der Waals surface area contributed by atoms with Gasteiger partial charge in [-0.05, 0) is 6.92 Å². The van der Waals surface area contributed by atoms with Gasteiger partial charge in [0.05, 0.1) is 19.6 Å². The van der Waals surface area contributed by atoms with E-state index in [1.165, 1.54) is 4.90 Å². The predicted molar refractivity (Wildman–Crippen MR) is 57.1 cm³/mol. The highest BCUT2D eigenvalue weighted by atomic mass is 19.3. The van der Waals surface area contributed by atoms with Crippen LogP contribution in [-0.4, -0.2) is 54.6 Å². The molecule has 0 unspecified atom stereocenters. The summed E-state index contributed by atoms with van der Waals surface area (Å²) in [5.74, 6) is -0.387. The van der Waals surface area contributed by atoms with E-state index in [0.29, 0.717) is 6.54 Å². The van der Waals surface area contributed by atoms with Gasteiger partial charge in [0.1, 0.15) is 6.61 Å². The van der Waals surface area contributed by atoms with Crippen molar-refractivity contribution < 1.29 is 23.5 Å². The fourth-order valence-corrected chi connectivity index (χ4v) is 1.09. The third-order valence-electron chi connectivity index (χ3n) is 1.92. The van der Waals surface area contributed by atoms with Crippen LogP contribution in [-0.2, 0) is 9.53 Å². The number of nitrogens with zero attached hydrogens (tertiary/aromatic N) is 2. The molecule has 8 heteroatoms. The molecule has 0 aromatic carbocycles. The van der Waals surface area contributed by atoms with Crippen LogP contribution in [0.3, 0.4) is 0 Å². The quantitative estimate of drug-likeness (QED) is 0.213. The molecule has 0 aromatic heterocycles. The van der Waals surface area contributed by atoms with Gasteiger partial charge in [-0.2, -0.15) is 0 Å². The molecule has 100 valence electrons. The first-order valence-electron chi connectivity index (χ1n) is 5.11. The van der Waals surface area contributed by atoms with E-state index in [1.807, 2.05) is 0 Å². The Bertz CT molecular complexity index is 262. The molecule has 0 heterocycles. The summed E-state index contributed by atoms with van der Waals surface area (Å²) in [5, 5.41) is 11.1. The number of amides is 1. The maximum Gasteiger partial charge on any atom is 0.261 e. The number of amidine groups is 1. The molecule has 0 bridgehead atoms. The van der Waals surface area contributed by atoms with Gasteiger partial charge < -0.3 is 20.6 Å². The minimum atomic E-state index is -2.54. The van der Waals surface area contributed by atoms with Crippen molar-refractivity contribution in [3.63, 3.8) is 0 Å². The van der Waals surface area contributed by atoms with Crippen molar-refractivity contribution >= 4 is 11.7 Å². The molecule has 0 saturated heterocycles. The summed E-state index contributed by atoms with van der Waals surface area (Å²) in [5.41, 5.74) is 5.26. The molecule has 0 aromatic rings. The van der Waals surface area contributed by atoms with Crippen LogP contribution in [0.25, 0.3) is 0 Å². The van der Waals surface area contributed by atoms with Gasteiger partial charge in [-0.1, -0.05) is 5.16 Å². The third kappa shape index (κ3) is 7.45. The number of carbonyl (C=O) groups excluding carboxylic acids is 1. The van der Waals surface area contributed by atoms with E-state index in [4.69, 9.17) is 10.9 Å². The summed E-state index contributed by atoms with van der Waals surface area (Å²) in [6.07, 6.45) is -2.55. The fourth-order valence-electron chi connectivity index (χ4n) is 1.09. The van der Waals surface area contributed by atoms with Gasteiger partial charge in [-0.15, -0.1) is 0 Å². The predicted octanol–water partition coefficient (Wildman–Crippen LogP) is 0.253. The lowest BCUT2D eigenvalue weighted by atomic mass is 10.3. The van der Waals surface area contributed by atoms with Crippen LogP contribution >= 0.6 is 0 Å². The lowest BCUT2D eigenvalue weighted by Crippen LogP contribution is -2.38. The molecule has 3 N–H and O–H groups in total. The van der Waals surface area contributed by atoms with E-state index < -0.39 is 13.0 Å². The lowest BCUT2D eigenvalue weighted by Gasteiger charge is -2.19. The Labute approximate surface area is 98.0 Å². The molecular formula is C9H17F2N3O3. The molecule has 0 radical (unpaired) electrons. The first-order chi connectivity index (χ1) is 8.01. The highest BCUT2D eigenvalue weighted by Gasteiger charge is 2.13. The minimum absolute atomic E-state index is 0.000675. The summed E-state index contributed by atoms with van der Waals surface area (Å²) < 4.78 is 28.0. The Kier molecular flexibility index (Phi) is 7.95. The Balaban J connectivity index is 3.92. The smallest absolute Gasteiger partial charge is 0.261 e. The molecule has 0 rings (SSSR count). The van der Waals surface area contributed by atoms with Gasteiger partial charge in [0.25, 0.3) is 6.43 Å². The molecule has 0 fully saturated rings. The molecule has 0 aliphatic rings. The van der Waals surface area contributed by atoms with Crippen molar-refractivity contribution in [2.24, 2.45) is 10.9 Å². The molecular weight excluding hydrogens is 236 g/mol. The second-order valence-corrected chi connectivity index (χ2v) is 3.22. The van der Waals surface area contributed by atoms with E-state index >= 15 is 0 Å². The number of likely N-dealkylation sites (N-methyl/N-ethyl adjacent to an activating group) is 1. The van der Waals surface area contributed by atoms with E-state index in [1.54, 1.807) is 6.92 Å². The van der Waals surface area contributed by atoms with E-state index in [2.05, 4.69) is 9.89 Å². The number of nitrogens with two attached hydrogens (primary N) is 1. The second kappa shape index (κ2) is 8.68. The van der Waals surface area contributed by atoms with Gasteiger partial charge in [0.15, 0.2) is 5.84 Å². The average molecular weight is 253 g/mol. The molecule has 0 aliphatic heterocycles. The zero-order valence-electron chi connectivity index (χ0n) is 9.60. The van der Waals surface area contributed by atoms with E-state index in [0.717, 1.165) is 0 Å². The Hall–Kier alpha value is -1.44. The highest BCUT2D eigenvalue weighted by molar-refractivity contribution is 5.86. The number of rotatable bonds is 8. The van der Waals surface area contributed by atoms with Gasteiger partial charge >= 0.3 is 0 Å². The van der Waals surface area contributed by atoms with Crippen LogP contribution < -0.4 is 5.73 Å². The van der Waals surface area contributed by atoms with Crippen LogP contribution in [0, 0.1) is 0 Å². The maximum absolute atomic E-state index is 11.7. The topological polar surface area (TPSA) is 88.1 Å². The van der Waals surface area contributed by atoms with Crippen molar-refractivity contribution in [3.05, 3.63) is 0 Å². The number of alkyl halides is 2. The summed E-state index contributed by atoms with van der Waals surface area (Å²) in [6, 6.07) is 0. The average Bonchev–Trinajstić information content (AvgIpc) is 2.30. The molecule has 6 nitrogen and oxygen atoms in total. The van der Waals surface area contributed by atoms with Crippen molar-refractivity contribution in [1.29, 1.82) is 0 Å². The largest absolute Gasteiger partial charge is 0.409 e. The van der Waals surface area contributed by atoms with Gasteiger partial charge in [-0.25, -0.2) is 8.78 Å². The van der Waals surface area contributed by atoms with Crippen molar-refractivity contribution in [1.82, 2.24) is 4.90 Å². The SMILES string of the molecule is CCN(CC(N)=NO)C(=O)CCOCC(F)F. The van der Waals surface area contributed by atoms with Crippen LogP contribution in [0.2, 0.25) is 0 Å². The van der Waals surface area contributed by atoms with E-state index in [-0.39, 0.29) is 31.3 Å². The number of ether oxygens (including phenoxy) is 1.